The number of rotatable bonds is 0. The number of hydrogen-bond acceptors (Lipinski definition) is 0. The predicted molar refractivity (Wildman–Crippen MR) is 120 cm³/mol. The third-order valence-corrected chi connectivity index (χ3v) is 7.54. The van der Waals surface area contributed by atoms with Gasteiger partial charge in [0, 0.05) is 5.41 Å². The van der Waals surface area contributed by atoms with Crippen LogP contribution in [0.1, 0.15) is 47.2 Å². The molecule has 0 aromatic heterocycles. The smallest absolute Gasteiger partial charge is 0.0159 e. The molecule has 0 heterocycles. The average Bonchev–Trinajstić information content (AvgIpc) is 3.36. The molecule has 3 aliphatic carbocycles. The Kier molecular flexibility index (Phi) is 2.76. The molecule has 0 saturated carbocycles. The quantitative estimate of drug-likeness (QED) is 0.267. The molecule has 0 heteroatoms. The van der Waals surface area contributed by atoms with Crippen LogP contribution in [-0.2, 0) is 18.3 Å². The molecule has 0 unspecified atom stereocenters. The van der Waals surface area contributed by atoms with E-state index in [1.54, 1.807) is 0 Å². The molecule has 0 spiro atoms. The highest BCUT2D eigenvalue weighted by Crippen LogP contribution is 2.58. The maximum Gasteiger partial charge on any atom is 0.0159 e. The van der Waals surface area contributed by atoms with E-state index in [1.807, 2.05) is 0 Å². The molecule has 29 heavy (non-hydrogen) atoms. The first kappa shape index (κ1) is 15.8. The zero-order valence-electron chi connectivity index (χ0n) is 16.8. The zero-order chi connectivity index (χ0) is 19.3. The molecule has 4 aromatic rings. The van der Waals surface area contributed by atoms with Crippen LogP contribution >= 0.6 is 0 Å². The van der Waals surface area contributed by atoms with Crippen LogP contribution < -0.4 is 0 Å². The lowest BCUT2D eigenvalue weighted by molar-refractivity contribution is 0.660. The van der Waals surface area contributed by atoms with Crippen LogP contribution in [0.15, 0.2) is 72.8 Å². The highest BCUT2D eigenvalue weighted by molar-refractivity contribution is 6.00. The van der Waals surface area contributed by atoms with Crippen molar-refractivity contribution in [3.63, 3.8) is 0 Å². The van der Waals surface area contributed by atoms with E-state index < -0.39 is 0 Å². The molecule has 0 N–H and O–H groups in total. The topological polar surface area (TPSA) is 0 Å². The first-order valence-corrected chi connectivity index (χ1v) is 10.6. The van der Waals surface area contributed by atoms with Crippen LogP contribution in [0.2, 0.25) is 0 Å². The minimum Gasteiger partial charge on any atom is -0.0619 e. The lowest BCUT2D eigenvalue weighted by atomic mass is 9.81. The van der Waals surface area contributed by atoms with Crippen molar-refractivity contribution in [1.29, 1.82) is 0 Å². The number of fused-ring (bicyclic) bond motifs is 11. The van der Waals surface area contributed by atoms with Crippen molar-refractivity contribution in [2.45, 2.75) is 32.1 Å². The number of hydrogen-bond donors (Lipinski definition) is 0. The molecule has 0 atom stereocenters. The molecule has 0 saturated heterocycles. The van der Waals surface area contributed by atoms with Gasteiger partial charge in [0.25, 0.3) is 0 Å². The summed E-state index contributed by atoms with van der Waals surface area (Å²) < 4.78 is 0. The van der Waals surface area contributed by atoms with Gasteiger partial charge in [-0.15, -0.1) is 0 Å². The molecule has 0 fully saturated rings. The van der Waals surface area contributed by atoms with E-state index in [0.717, 1.165) is 12.8 Å². The molecule has 7 rings (SSSR count). The van der Waals surface area contributed by atoms with Crippen molar-refractivity contribution in [3.8, 4) is 33.4 Å². The third-order valence-electron chi connectivity index (χ3n) is 7.54. The first-order chi connectivity index (χ1) is 14.1. The fraction of sp³-hybridized carbons (Fsp3) is 0.172. The molecular weight excluding hydrogens is 348 g/mol. The van der Waals surface area contributed by atoms with E-state index in [0.29, 0.717) is 0 Å². The predicted octanol–water partition coefficient (Wildman–Crippen LogP) is 7.14. The highest BCUT2D eigenvalue weighted by atomic mass is 14.4. The third kappa shape index (κ3) is 1.81. The Hall–Kier alpha value is -3.12. The van der Waals surface area contributed by atoms with Gasteiger partial charge in [0.05, 0.1) is 0 Å². The standard InChI is InChI=1S/C29H22/c1-29(2)24-14-12-22-20-9-5-3-8-18(20)16-23(22)27(24)28-25(29)13-11-19-15-17-7-4-6-10-21(17)26(19)28/h3-14H,15-16H2,1-2H3. The molecule has 0 bridgehead atoms. The number of benzene rings is 4. The van der Waals surface area contributed by atoms with Gasteiger partial charge >= 0.3 is 0 Å². The average molecular weight is 370 g/mol. The highest BCUT2D eigenvalue weighted by Gasteiger charge is 2.41. The summed E-state index contributed by atoms with van der Waals surface area (Å²) in [6.07, 6.45) is 2.11. The van der Waals surface area contributed by atoms with E-state index in [9.17, 15) is 0 Å². The Morgan fingerprint density at radius 3 is 2.00 bits per heavy atom. The summed E-state index contributed by atoms with van der Waals surface area (Å²) in [6, 6.07) is 27.5. The van der Waals surface area contributed by atoms with Crippen molar-refractivity contribution in [1.82, 2.24) is 0 Å². The van der Waals surface area contributed by atoms with Gasteiger partial charge in [-0.1, -0.05) is 86.6 Å². The fourth-order valence-electron chi connectivity index (χ4n) is 6.17. The SMILES string of the molecule is CC1(C)c2ccc3c(c2-c2c1ccc1c2-c2ccccc2C1)Cc1ccccc1-3. The van der Waals surface area contributed by atoms with E-state index in [-0.39, 0.29) is 5.41 Å². The summed E-state index contributed by atoms with van der Waals surface area (Å²) in [6.45, 7) is 4.80. The van der Waals surface area contributed by atoms with Gasteiger partial charge in [0.15, 0.2) is 0 Å². The van der Waals surface area contributed by atoms with Gasteiger partial charge in [0.2, 0.25) is 0 Å². The summed E-state index contributed by atoms with van der Waals surface area (Å²) in [5, 5.41) is 0. The monoisotopic (exact) mass is 370 g/mol. The van der Waals surface area contributed by atoms with Crippen LogP contribution in [0.3, 0.4) is 0 Å². The van der Waals surface area contributed by atoms with Gasteiger partial charge in [-0.05, 0) is 79.6 Å². The van der Waals surface area contributed by atoms with Crippen molar-refractivity contribution < 1.29 is 0 Å². The van der Waals surface area contributed by atoms with Crippen molar-refractivity contribution in [2.75, 3.05) is 0 Å². The maximum absolute atomic E-state index is 2.41. The van der Waals surface area contributed by atoms with E-state index in [1.165, 1.54) is 66.8 Å². The molecular formula is C29H22. The fourth-order valence-corrected chi connectivity index (χ4v) is 6.17. The second-order valence-electron chi connectivity index (χ2n) is 9.33. The molecule has 138 valence electrons. The second kappa shape index (κ2) is 5.07. The summed E-state index contributed by atoms with van der Waals surface area (Å²) >= 11 is 0. The van der Waals surface area contributed by atoms with E-state index in [4.69, 9.17) is 0 Å². The Bertz CT molecular complexity index is 1370. The van der Waals surface area contributed by atoms with Crippen LogP contribution in [0.25, 0.3) is 33.4 Å². The first-order valence-electron chi connectivity index (χ1n) is 10.6. The normalized spacial score (nSPS) is 15.9. The lowest BCUT2D eigenvalue weighted by Gasteiger charge is -2.22. The Morgan fingerprint density at radius 1 is 0.517 bits per heavy atom. The maximum atomic E-state index is 2.41. The summed E-state index contributed by atoms with van der Waals surface area (Å²) in [5.41, 5.74) is 17.8. The molecule has 0 nitrogen and oxygen atoms in total. The van der Waals surface area contributed by atoms with E-state index >= 15 is 0 Å². The minimum absolute atomic E-state index is 0.0427. The van der Waals surface area contributed by atoms with Crippen molar-refractivity contribution in [3.05, 3.63) is 106 Å². The molecule has 0 amide bonds. The summed E-state index contributed by atoms with van der Waals surface area (Å²) in [4.78, 5) is 0. The minimum atomic E-state index is 0.0427. The summed E-state index contributed by atoms with van der Waals surface area (Å²) in [5.74, 6) is 0. The van der Waals surface area contributed by atoms with Crippen LogP contribution in [0.4, 0.5) is 0 Å². The lowest BCUT2D eigenvalue weighted by Crippen LogP contribution is -2.15. The Balaban J connectivity index is 1.61. The van der Waals surface area contributed by atoms with Crippen LogP contribution in [0, 0.1) is 0 Å². The van der Waals surface area contributed by atoms with Gasteiger partial charge in [-0.25, -0.2) is 0 Å². The second-order valence-corrected chi connectivity index (χ2v) is 9.33. The van der Waals surface area contributed by atoms with Crippen molar-refractivity contribution in [2.24, 2.45) is 0 Å². The summed E-state index contributed by atoms with van der Waals surface area (Å²) in [7, 11) is 0. The van der Waals surface area contributed by atoms with Crippen LogP contribution in [-0.4, -0.2) is 0 Å². The Labute approximate surface area is 171 Å². The zero-order valence-corrected chi connectivity index (χ0v) is 16.8. The molecule has 4 aromatic carbocycles. The van der Waals surface area contributed by atoms with Crippen molar-refractivity contribution >= 4 is 0 Å². The molecule has 3 aliphatic rings. The molecule has 0 radical (unpaired) electrons. The Morgan fingerprint density at radius 2 is 1.17 bits per heavy atom. The van der Waals surface area contributed by atoms with Crippen LogP contribution in [0.5, 0.6) is 0 Å². The van der Waals surface area contributed by atoms with Gasteiger partial charge in [0.1, 0.15) is 0 Å². The van der Waals surface area contributed by atoms with Gasteiger partial charge in [-0.2, -0.15) is 0 Å². The largest absolute Gasteiger partial charge is 0.0619 e. The molecule has 0 aliphatic heterocycles. The van der Waals surface area contributed by atoms with E-state index in [2.05, 4.69) is 86.6 Å². The van der Waals surface area contributed by atoms with Gasteiger partial charge in [-0.3, -0.25) is 0 Å². The van der Waals surface area contributed by atoms with Gasteiger partial charge < -0.3 is 0 Å².